The van der Waals surface area contributed by atoms with Gasteiger partial charge in [-0.2, -0.15) is 0 Å². The number of likely N-dealkylation sites (tertiary alicyclic amines) is 1. The summed E-state index contributed by atoms with van der Waals surface area (Å²) in [7, 11) is 0. The molecule has 1 aliphatic rings. The fourth-order valence-electron chi connectivity index (χ4n) is 6.33. The molecule has 1 aliphatic heterocycles. The molecule has 0 saturated carbocycles. The third kappa shape index (κ3) is 25.7. The van der Waals surface area contributed by atoms with Crippen molar-refractivity contribution in [1.29, 1.82) is 0 Å². The number of rotatable bonds is 30. The molecule has 1 atom stereocenters. The van der Waals surface area contributed by atoms with Crippen molar-refractivity contribution in [2.75, 3.05) is 32.8 Å². The van der Waals surface area contributed by atoms with Crippen LogP contribution in [-0.2, 0) is 51.3 Å². The molecular weight excluding hydrogens is 707 g/mol. The Balaban J connectivity index is 1.80. The number of hydrogen-bond acceptors (Lipinski definition) is 9. The van der Waals surface area contributed by atoms with Gasteiger partial charge >= 0.3 is 17.9 Å². The first-order valence-electron chi connectivity index (χ1n) is 21.6. The SMILES string of the molecule is [CH2]c1cc(COC(=O)CCC(CCCCCC)OC(=O)CCCN2CCCC2)cc(COC(=O)CCC(OCCC#CCCCC)OCCC#CCCCC)c1. The van der Waals surface area contributed by atoms with E-state index in [4.69, 9.17) is 23.7 Å². The fourth-order valence-corrected chi connectivity index (χ4v) is 6.33. The second-order valence-electron chi connectivity index (χ2n) is 14.8. The van der Waals surface area contributed by atoms with Crippen molar-refractivity contribution in [2.24, 2.45) is 0 Å². The molecule has 0 bridgehead atoms. The maximum Gasteiger partial charge on any atom is 0.306 e. The molecule has 9 heteroatoms. The average molecular weight is 779 g/mol. The zero-order valence-electron chi connectivity index (χ0n) is 35.1. The minimum absolute atomic E-state index is 0.0688. The van der Waals surface area contributed by atoms with E-state index in [1.54, 1.807) is 0 Å². The van der Waals surface area contributed by atoms with Gasteiger partial charge in [-0.15, -0.1) is 23.7 Å². The van der Waals surface area contributed by atoms with Crippen molar-refractivity contribution in [1.82, 2.24) is 4.90 Å². The normalized spacial score (nSPS) is 13.1. The molecule has 9 nitrogen and oxygen atoms in total. The van der Waals surface area contributed by atoms with Crippen LogP contribution in [0.2, 0.25) is 0 Å². The van der Waals surface area contributed by atoms with Crippen LogP contribution in [0.25, 0.3) is 0 Å². The minimum Gasteiger partial charge on any atom is -0.462 e. The van der Waals surface area contributed by atoms with Crippen molar-refractivity contribution in [2.45, 2.75) is 181 Å². The first-order valence-corrected chi connectivity index (χ1v) is 21.6. The smallest absolute Gasteiger partial charge is 0.306 e. The summed E-state index contributed by atoms with van der Waals surface area (Å²) >= 11 is 0. The van der Waals surface area contributed by atoms with Crippen molar-refractivity contribution >= 4 is 17.9 Å². The highest BCUT2D eigenvalue weighted by atomic mass is 16.7. The Kier molecular flexibility index (Phi) is 28.5. The lowest BCUT2D eigenvalue weighted by molar-refractivity contribution is -0.158. The lowest BCUT2D eigenvalue weighted by Gasteiger charge is -2.19. The first-order chi connectivity index (χ1) is 27.3. The van der Waals surface area contributed by atoms with Crippen molar-refractivity contribution in [3.8, 4) is 23.7 Å². The predicted molar refractivity (Wildman–Crippen MR) is 222 cm³/mol. The van der Waals surface area contributed by atoms with Gasteiger partial charge in [0.25, 0.3) is 0 Å². The highest BCUT2D eigenvalue weighted by Crippen LogP contribution is 2.18. The molecule has 1 aromatic rings. The summed E-state index contributed by atoms with van der Waals surface area (Å²) in [5, 5.41) is 0. The van der Waals surface area contributed by atoms with Crippen LogP contribution in [0.5, 0.6) is 0 Å². The average Bonchev–Trinajstić information content (AvgIpc) is 3.71. The van der Waals surface area contributed by atoms with E-state index in [9.17, 15) is 14.4 Å². The Morgan fingerprint density at radius 2 is 1.20 bits per heavy atom. The third-order valence-corrected chi connectivity index (χ3v) is 9.52. The Morgan fingerprint density at radius 1 is 0.643 bits per heavy atom. The number of unbranched alkanes of at least 4 members (excludes halogenated alkanes) is 7. The number of carbonyl (C=O) groups excluding carboxylic acids is 3. The van der Waals surface area contributed by atoms with E-state index >= 15 is 0 Å². The van der Waals surface area contributed by atoms with Gasteiger partial charge in [-0.05, 0) is 101 Å². The molecule has 1 fully saturated rings. The summed E-state index contributed by atoms with van der Waals surface area (Å²) in [6.45, 7) is 14.7. The van der Waals surface area contributed by atoms with Crippen molar-refractivity contribution in [3.63, 3.8) is 0 Å². The van der Waals surface area contributed by atoms with Crippen LogP contribution < -0.4 is 0 Å². The lowest BCUT2D eigenvalue weighted by Crippen LogP contribution is -2.23. The van der Waals surface area contributed by atoms with E-state index < -0.39 is 6.29 Å². The monoisotopic (exact) mass is 779 g/mol. The van der Waals surface area contributed by atoms with Gasteiger partial charge in [0.15, 0.2) is 6.29 Å². The molecule has 0 aliphatic carbocycles. The van der Waals surface area contributed by atoms with Gasteiger partial charge in [0, 0.05) is 44.9 Å². The number of esters is 3. The summed E-state index contributed by atoms with van der Waals surface area (Å²) < 4.78 is 28.9. The van der Waals surface area contributed by atoms with Crippen LogP contribution in [0.1, 0.15) is 172 Å². The van der Waals surface area contributed by atoms with Gasteiger partial charge in [-0.1, -0.05) is 65.0 Å². The molecule has 1 saturated heterocycles. The van der Waals surface area contributed by atoms with E-state index in [2.05, 4.69) is 56.3 Å². The molecule has 1 heterocycles. The van der Waals surface area contributed by atoms with Gasteiger partial charge in [0.05, 0.1) is 19.6 Å². The fraction of sp³-hybridized carbons (Fsp3) is 0.702. The van der Waals surface area contributed by atoms with Crippen molar-refractivity contribution < 1.29 is 38.1 Å². The van der Waals surface area contributed by atoms with Gasteiger partial charge in [0.2, 0.25) is 0 Å². The second kappa shape index (κ2) is 32.7. The Hall–Kier alpha value is -3.37. The molecule has 56 heavy (non-hydrogen) atoms. The molecule has 0 amide bonds. The van der Waals surface area contributed by atoms with E-state index in [-0.39, 0.29) is 50.1 Å². The summed E-state index contributed by atoms with van der Waals surface area (Å²) in [4.78, 5) is 40.6. The molecule has 1 unspecified atom stereocenters. The Morgan fingerprint density at radius 3 is 1.77 bits per heavy atom. The standard InChI is InChI=1S/C47H72NO8/c1-5-8-11-14-16-21-33-52-47(53-34-22-17-15-12-9-6-2)29-28-45(50)55-39-42-36-40(4)35-41(37-42)38-54-44(49)27-26-43(24-18-13-10-7-3)56-46(51)25-23-32-48-30-19-20-31-48/h35-37,43,47H,4-13,18-34,38-39H2,1-3H3. The van der Waals surface area contributed by atoms with Crippen LogP contribution >= 0.6 is 0 Å². The summed E-state index contributed by atoms with van der Waals surface area (Å²) in [6.07, 6.45) is 16.4. The number of nitrogens with zero attached hydrogens (tertiary/aromatic N) is 1. The van der Waals surface area contributed by atoms with Gasteiger partial charge in [-0.25, -0.2) is 0 Å². The number of ether oxygens (including phenoxy) is 5. The summed E-state index contributed by atoms with van der Waals surface area (Å²) in [6, 6.07) is 5.55. The van der Waals surface area contributed by atoms with Gasteiger partial charge in [0.1, 0.15) is 19.3 Å². The van der Waals surface area contributed by atoms with E-state index in [0.717, 1.165) is 113 Å². The van der Waals surface area contributed by atoms with Gasteiger partial charge < -0.3 is 28.6 Å². The lowest BCUT2D eigenvalue weighted by atomic mass is 10.1. The molecule has 2 rings (SSSR count). The number of benzene rings is 1. The zero-order valence-corrected chi connectivity index (χ0v) is 35.1. The topological polar surface area (TPSA) is 101 Å². The second-order valence-corrected chi connectivity index (χ2v) is 14.8. The summed E-state index contributed by atoms with van der Waals surface area (Å²) in [5.74, 6) is 11.7. The molecule has 313 valence electrons. The zero-order chi connectivity index (χ0) is 40.5. The van der Waals surface area contributed by atoms with Crippen LogP contribution in [0, 0.1) is 30.6 Å². The maximum atomic E-state index is 12.8. The summed E-state index contributed by atoms with van der Waals surface area (Å²) in [5.41, 5.74) is 2.24. The molecule has 0 aromatic heterocycles. The van der Waals surface area contributed by atoms with Crippen LogP contribution in [0.3, 0.4) is 0 Å². The predicted octanol–water partition coefficient (Wildman–Crippen LogP) is 9.80. The van der Waals surface area contributed by atoms with Gasteiger partial charge in [-0.3, -0.25) is 14.4 Å². The van der Waals surface area contributed by atoms with E-state index in [1.807, 2.05) is 18.2 Å². The highest BCUT2D eigenvalue weighted by Gasteiger charge is 2.19. The quantitative estimate of drug-likeness (QED) is 0.0248. The van der Waals surface area contributed by atoms with E-state index in [0.29, 0.717) is 45.3 Å². The van der Waals surface area contributed by atoms with Crippen LogP contribution in [-0.4, -0.2) is 68.0 Å². The van der Waals surface area contributed by atoms with Crippen molar-refractivity contribution in [3.05, 3.63) is 41.8 Å². The van der Waals surface area contributed by atoms with E-state index in [1.165, 1.54) is 12.8 Å². The Labute approximate surface area is 339 Å². The molecule has 0 spiro atoms. The first kappa shape index (κ1) is 48.8. The molecule has 1 radical (unpaired) electrons. The van der Waals surface area contributed by atoms with Crippen LogP contribution in [0.4, 0.5) is 0 Å². The maximum absolute atomic E-state index is 12.8. The number of hydrogen-bond donors (Lipinski definition) is 0. The Bertz CT molecular complexity index is 1320. The molecule has 0 N–H and O–H groups in total. The molecule has 1 aromatic carbocycles. The largest absolute Gasteiger partial charge is 0.462 e. The van der Waals surface area contributed by atoms with Crippen LogP contribution in [0.15, 0.2) is 18.2 Å². The minimum atomic E-state index is -0.546. The third-order valence-electron chi connectivity index (χ3n) is 9.52. The highest BCUT2D eigenvalue weighted by molar-refractivity contribution is 5.71. The molecular formula is C47H72NO8. The number of carbonyl (C=O) groups is 3.